The smallest absolute Gasteiger partial charge is 0.295 e. The maximum atomic E-state index is 13.0. The van der Waals surface area contributed by atoms with Crippen LogP contribution in [0.25, 0.3) is 5.76 Å². The van der Waals surface area contributed by atoms with Gasteiger partial charge in [0.25, 0.3) is 11.7 Å². The number of nitrogens with zero attached hydrogens (tertiary/aromatic N) is 1. The molecule has 7 heteroatoms. The van der Waals surface area contributed by atoms with E-state index in [4.69, 9.17) is 21.1 Å². The van der Waals surface area contributed by atoms with Crippen LogP contribution in [0.1, 0.15) is 44.4 Å². The Balaban J connectivity index is 1.99. The number of aliphatic hydroxyl groups excluding tert-OH is 1. The third kappa shape index (κ3) is 5.31. The van der Waals surface area contributed by atoms with Gasteiger partial charge in [0.1, 0.15) is 11.5 Å². The Morgan fingerprint density at radius 1 is 1.09 bits per heavy atom. The van der Waals surface area contributed by atoms with Crippen LogP contribution in [0.3, 0.4) is 0 Å². The molecule has 1 aliphatic rings. The van der Waals surface area contributed by atoms with Crippen molar-refractivity contribution in [3.8, 4) is 5.75 Å². The van der Waals surface area contributed by atoms with Gasteiger partial charge in [-0.05, 0) is 69.2 Å². The number of Topliss-reactive ketones (excluding diaryl/α,β-unsaturated/α-hetero) is 1. The number of carbonyl (C=O) groups is 2. The van der Waals surface area contributed by atoms with E-state index in [1.807, 2.05) is 20.8 Å². The van der Waals surface area contributed by atoms with Crippen LogP contribution in [-0.4, -0.2) is 47.6 Å². The number of carbonyl (C=O) groups excluding carboxylic acids is 2. The summed E-state index contributed by atoms with van der Waals surface area (Å²) in [5.41, 5.74) is 1.20. The summed E-state index contributed by atoms with van der Waals surface area (Å²) in [5, 5.41) is 11.6. The van der Waals surface area contributed by atoms with Gasteiger partial charge in [-0.2, -0.15) is 0 Å². The Bertz CT molecular complexity index is 982. The van der Waals surface area contributed by atoms with E-state index >= 15 is 0 Å². The zero-order chi connectivity index (χ0) is 23.3. The normalized spacial score (nSPS) is 17.9. The molecule has 3 rings (SSSR count). The number of amides is 1. The molecule has 32 heavy (non-hydrogen) atoms. The van der Waals surface area contributed by atoms with Gasteiger partial charge in [0.05, 0.1) is 24.3 Å². The first-order chi connectivity index (χ1) is 15.3. The number of hydrogen-bond acceptors (Lipinski definition) is 5. The summed E-state index contributed by atoms with van der Waals surface area (Å²) in [6, 6.07) is 13.0. The van der Waals surface area contributed by atoms with Gasteiger partial charge >= 0.3 is 0 Å². The third-order valence-corrected chi connectivity index (χ3v) is 5.41. The molecule has 0 spiro atoms. The number of ether oxygens (including phenoxy) is 2. The lowest BCUT2D eigenvalue weighted by Crippen LogP contribution is -2.31. The highest BCUT2D eigenvalue weighted by atomic mass is 35.5. The number of ketones is 1. The summed E-state index contributed by atoms with van der Waals surface area (Å²) >= 11 is 6.04. The number of aliphatic hydroxyl groups is 1. The predicted octanol–water partition coefficient (Wildman–Crippen LogP) is 4.98. The van der Waals surface area contributed by atoms with Gasteiger partial charge in [0.15, 0.2) is 0 Å². The number of hydrogen-bond donors (Lipinski definition) is 1. The van der Waals surface area contributed by atoms with Crippen LogP contribution in [0.4, 0.5) is 0 Å². The molecule has 170 valence electrons. The standard InChI is InChI=1S/C25H28ClNO5/c1-4-31-20-12-8-18(9-13-20)23(28)21-22(17-6-10-19(26)11-7-17)27(25(30)24(21)29)14-5-15-32-16(2)3/h6-13,16,22,28H,4-5,14-15H2,1-3H3/b23-21+. The molecule has 1 saturated heterocycles. The molecule has 0 radical (unpaired) electrons. The maximum absolute atomic E-state index is 13.0. The minimum atomic E-state index is -0.710. The van der Waals surface area contributed by atoms with Crippen LogP contribution < -0.4 is 4.74 Å². The molecule has 2 aromatic carbocycles. The molecule has 2 aromatic rings. The summed E-state index contributed by atoms with van der Waals surface area (Å²) in [6.07, 6.45) is 0.649. The molecule has 0 saturated carbocycles. The zero-order valence-electron chi connectivity index (χ0n) is 18.5. The monoisotopic (exact) mass is 457 g/mol. The van der Waals surface area contributed by atoms with Crippen molar-refractivity contribution in [1.29, 1.82) is 0 Å². The van der Waals surface area contributed by atoms with Gasteiger partial charge in [-0.1, -0.05) is 23.7 Å². The Morgan fingerprint density at radius 2 is 1.75 bits per heavy atom. The minimum Gasteiger partial charge on any atom is -0.507 e. The largest absolute Gasteiger partial charge is 0.507 e. The fourth-order valence-corrected chi connectivity index (χ4v) is 3.81. The molecule has 1 aliphatic heterocycles. The highest BCUT2D eigenvalue weighted by Gasteiger charge is 2.45. The van der Waals surface area contributed by atoms with Crippen molar-refractivity contribution < 1.29 is 24.2 Å². The highest BCUT2D eigenvalue weighted by molar-refractivity contribution is 6.46. The van der Waals surface area contributed by atoms with Crippen molar-refractivity contribution >= 4 is 29.1 Å². The average Bonchev–Trinajstić information content (AvgIpc) is 3.02. The van der Waals surface area contributed by atoms with Gasteiger partial charge in [-0.3, -0.25) is 9.59 Å². The second-order valence-electron chi connectivity index (χ2n) is 7.77. The van der Waals surface area contributed by atoms with E-state index in [1.54, 1.807) is 48.5 Å². The molecule has 1 unspecified atom stereocenters. The van der Waals surface area contributed by atoms with Crippen molar-refractivity contribution in [2.75, 3.05) is 19.8 Å². The second kappa shape index (κ2) is 10.7. The van der Waals surface area contributed by atoms with E-state index < -0.39 is 17.7 Å². The maximum Gasteiger partial charge on any atom is 0.295 e. The van der Waals surface area contributed by atoms with Gasteiger partial charge in [-0.15, -0.1) is 0 Å². The Labute approximate surface area is 193 Å². The molecule has 0 aliphatic carbocycles. The molecule has 1 atom stereocenters. The van der Waals surface area contributed by atoms with Crippen molar-refractivity contribution in [3.05, 3.63) is 70.3 Å². The van der Waals surface area contributed by atoms with E-state index in [1.165, 1.54) is 4.90 Å². The molecule has 1 amide bonds. The first-order valence-electron chi connectivity index (χ1n) is 10.7. The van der Waals surface area contributed by atoms with Crippen LogP contribution in [-0.2, 0) is 14.3 Å². The van der Waals surface area contributed by atoms with Gasteiger partial charge in [0, 0.05) is 23.7 Å². The highest BCUT2D eigenvalue weighted by Crippen LogP contribution is 2.39. The number of benzene rings is 2. The van der Waals surface area contributed by atoms with Crippen LogP contribution in [0, 0.1) is 0 Å². The van der Waals surface area contributed by atoms with Gasteiger partial charge in [-0.25, -0.2) is 0 Å². The Kier molecular flexibility index (Phi) is 7.94. The summed E-state index contributed by atoms with van der Waals surface area (Å²) in [5.74, 6) is -0.903. The molecule has 6 nitrogen and oxygen atoms in total. The van der Waals surface area contributed by atoms with Crippen LogP contribution >= 0.6 is 11.6 Å². The average molecular weight is 458 g/mol. The zero-order valence-corrected chi connectivity index (χ0v) is 19.3. The quantitative estimate of drug-likeness (QED) is 0.249. The van der Waals surface area contributed by atoms with Gasteiger partial charge in [0.2, 0.25) is 0 Å². The van der Waals surface area contributed by atoms with E-state index in [0.717, 1.165) is 0 Å². The molecule has 1 N–H and O–H groups in total. The fourth-order valence-electron chi connectivity index (χ4n) is 3.69. The first kappa shape index (κ1) is 23.8. The lowest BCUT2D eigenvalue weighted by atomic mass is 9.95. The topological polar surface area (TPSA) is 76.1 Å². The summed E-state index contributed by atoms with van der Waals surface area (Å²) in [4.78, 5) is 27.4. The molecule has 0 aromatic heterocycles. The van der Waals surface area contributed by atoms with Crippen molar-refractivity contribution in [1.82, 2.24) is 4.90 Å². The lowest BCUT2D eigenvalue weighted by Gasteiger charge is -2.25. The van der Waals surface area contributed by atoms with Crippen LogP contribution in [0.15, 0.2) is 54.1 Å². The molecular formula is C25H28ClNO5. The third-order valence-electron chi connectivity index (χ3n) is 5.16. The SMILES string of the molecule is CCOc1ccc(/C(O)=C2\C(=O)C(=O)N(CCCOC(C)C)C2c2ccc(Cl)cc2)cc1. The first-order valence-corrected chi connectivity index (χ1v) is 11.1. The Morgan fingerprint density at radius 3 is 2.34 bits per heavy atom. The van der Waals surface area contributed by atoms with Crippen LogP contribution in [0.2, 0.25) is 5.02 Å². The minimum absolute atomic E-state index is 0.0614. The van der Waals surface area contributed by atoms with Crippen LogP contribution in [0.5, 0.6) is 5.75 Å². The molecule has 1 fully saturated rings. The van der Waals surface area contributed by atoms with E-state index in [9.17, 15) is 14.7 Å². The van der Waals surface area contributed by atoms with E-state index in [2.05, 4.69) is 0 Å². The van der Waals surface area contributed by atoms with Gasteiger partial charge < -0.3 is 19.5 Å². The summed E-state index contributed by atoms with van der Waals surface area (Å²) in [6.45, 7) is 7.08. The molecule has 0 bridgehead atoms. The molecule has 1 heterocycles. The molecular weight excluding hydrogens is 430 g/mol. The lowest BCUT2D eigenvalue weighted by molar-refractivity contribution is -0.140. The number of likely N-dealkylation sites (tertiary alicyclic amines) is 1. The van der Waals surface area contributed by atoms with Crippen molar-refractivity contribution in [2.45, 2.75) is 39.3 Å². The predicted molar refractivity (Wildman–Crippen MR) is 124 cm³/mol. The number of halogens is 1. The van der Waals surface area contributed by atoms with Crippen molar-refractivity contribution in [3.63, 3.8) is 0 Å². The number of rotatable bonds is 9. The second-order valence-corrected chi connectivity index (χ2v) is 8.21. The summed E-state index contributed by atoms with van der Waals surface area (Å²) in [7, 11) is 0. The van der Waals surface area contributed by atoms with Crippen molar-refractivity contribution in [2.24, 2.45) is 0 Å². The van der Waals surface area contributed by atoms with E-state index in [-0.39, 0.29) is 17.4 Å². The summed E-state index contributed by atoms with van der Waals surface area (Å²) < 4.78 is 11.0. The fraction of sp³-hybridized carbons (Fsp3) is 0.360. The van der Waals surface area contributed by atoms with E-state index in [0.29, 0.717) is 48.1 Å². The Hall–Kier alpha value is -2.83.